The number of benzene rings is 2. The van der Waals surface area contributed by atoms with Crippen LogP contribution in [0, 0.1) is 11.2 Å². The van der Waals surface area contributed by atoms with Crippen LogP contribution in [0.2, 0.25) is 0 Å². The second-order valence-electron chi connectivity index (χ2n) is 12.3. The Morgan fingerprint density at radius 1 is 1.04 bits per heavy atom. The van der Waals surface area contributed by atoms with E-state index >= 15 is 4.39 Å². The molecule has 46 heavy (non-hydrogen) atoms. The second kappa shape index (κ2) is 12.8. The fourth-order valence-electron chi connectivity index (χ4n) is 5.86. The number of rotatable bonds is 8. The van der Waals surface area contributed by atoms with E-state index in [1.54, 1.807) is 58.5 Å². The summed E-state index contributed by atoms with van der Waals surface area (Å²) in [5, 5.41) is 12.2. The number of nitrogens with zero attached hydrogens (tertiary/aromatic N) is 4. The standard InChI is InChI=1S/C33H38FN5O7/c1-5-36-18-24(30(42)43)28(40)23-16-25(34)27(17-26(23)36)37-12-14-38(15-13-37)32(45)46-19-21-6-8-22(9-7-21)35-29(41)20(2)39-11-10-33(3,4)31(39)44/h6-9,16-18,20H,5,10-15,19H2,1-4H3,(H,35,41)(H,42,43)/t20-/m0/s1. The first kappa shape index (κ1) is 32.5. The molecule has 1 atom stereocenters. The van der Waals surface area contributed by atoms with E-state index in [-0.39, 0.29) is 42.6 Å². The molecular weight excluding hydrogens is 597 g/mol. The summed E-state index contributed by atoms with van der Waals surface area (Å²) < 4.78 is 22.3. The zero-order chi connectivity index (χ0) is 33.3. The number of anilines is 2. The van der Waals surface area contributed by atoms with Crippen LogP contribution < -0.4 is 15.6 Å². The molecule has 0 bridgehead atoms. The van der Waals surface area contributed by atoms with E-state index in [9.17, 15) is 29.1 Å². The predicted octanol–water partition coefficient (Wildman–Crippen LogP) is 3.90. The van der Waals surface area contributed by atoms with E-state index in [1.807, 2.05) is 13.8 Å². The van der Waals surface area contributed by atoms with E-state index < -0.39 is 40.3 Å². The molecule has 3 amide bonds. The zero-order valence-corrected chi connectivity index (χ0v) is 26.3. The van der Waals surface area contributed by atoms with Crippen molar-refractivity contribution in [3.05, 3.63) is 69.8 Å². The van der Waals surface area contributed by atoms with Gasteiger partial charge < -0.3 is 34.4 Å². The lowest BCUT2D eigenvalue weighted by Gasteiger charge is -2.35. The van der Waals surface area contributed by atoms with E-state index in [1.165, 1.54) is 11.1 Å². The van der Waals surface area contributed by atoms with E-state index in [4.69, 9.17) is 4.74 Å². The molecule has 0 saturated carbocycles. The molecular formula is C33H38FN5O7. The number of aryl methyl sites for hydroxylation is 1. The molecule has 2 aromatic carbocycles. The molecule has 244 valence electrons. The third-order valence-electron chi connectivity index (χ3n) is 8.85. The van der Waals surface area contributed by atoms with Crippen molar-refractivity contribution in [2.24, 2.45) is 5.41 Å². The SMILES string of the molecule is CCn1cc(C(=O)O)c(=O)c2cc(F)c(N3CCN(C(=O)OCc4ccc(NC(=O)[C@H](C)N5CCC(C)(C)C5=O)cc4)CC3)cc21. The lowest BCUT2D eigenvalue weighted by molar-refractivity contribution is -0.139. The molecule has 2 fully saturated rings. The van der Waals surface area contributed by atoms with Crippen LogP contribution in [0.5, 0.6) is 0 Å². The molecule has 3 aromatic rings. The van der Waals surface area contributed by atoms with Crippen LogP contribution in [0.3, 0.4) is 0 Å². The Morgan fingerprint density at radius 3 is 2.30 bits per heavy atom. The Bertz CT molecular complexity index is 1750. The average Bonchev–Trinajstić information content (AvgIpc) is 3.31. The summed E-state index contributed by atoms with van der Waals surface area (Å²) in [4.78, 5) is 67.2. The summed E-state index contributed by atoms with van der Waals surface area (Å²) in [5.74, 6) is -2.32. The number of hydrogen-bond donors (Lipinski definition) is 2. The molecule has 3 heterocycles. The van der Waals surface area contributed by atoms with Crippen molar-refractivity contribution < 1.29 is 33.4 Å². The summed E-state index contributed by atoms with van der Waals surface area (Å²) in [6.45, 7) is 9.46. The summed E-state index contributed by atoms with van der Waals surface area (Å²) in [6, 6.07) is 8.94. The first-order chi connectivity index (χ1) is 21.8. The van der Waals surface area contributed by atoms with Crippen LogP contribution in [-0.4, -0.2) is 82.1 Å². The smallest absolute Gasteiger partial charge is 0.410 e. The van der Waals surface area contributed by atoms with Gasteiger partial charge >= 0.3 is 12.1 Å². The molecule has 5 rings (SSSR count). The van der Waals surface area contributed by atoms with Crippen LogP contribution >= 0.6 is 0 Å². The molecule has 0 unspecified atom stereocenters. The van der Waals surface area contributed by atoms with Gasteiger partial charge in [0.25, 0.3) is 0 Å². The van der Waals surface area contributed by atoms with Gasteiger partial charge in [0.1, 0.15) is 24.0 Å². The second-order valence-corrected chi connectivity index (χ2v) is 12.3. The minimum atomic E-state index is -1.37. The number of fused-ring (bicyclic) bond motifs is 1. The van der Waals surface area contributed by atoms with Crippen molar-refractivity contribution >= 4 is 46.2 Å². The van der Waals surface area contributed by atoms with Gasteiger partial charge in [-0.05, 0) is 50.1 Å². The highest BCUT2D eigenvalue weighted by Crippen LogP contribution is 2.32. The van der Waals surface area contributed by atoms with Gasteiger partial charge in [0, 0.05) is 62.0 Å². The lowest BCUT2D eigenvalue weighted by atomic mass is 9.92. The molecule has 0 aliphatic carbocycles. The van der Waals surface area contributed by atoms with Gasteiger partial charge in [-0.2, -0.15) is 0 Å². The van der Waals surface area contributed by atoms with Crippen molar-refractivity contribution in [3.63, 3.8) is 0 Å². The summed E-state index contributed by atoms with van der Waals surface area (Å²) in [7, 11) is 0. The van der Waals surface area contributed by atoms with Crippen molar-refractivity contribution in [2.45, 2.75) is 53.3 Å². The number of halogens is 1. The number of carbonyl (C=O) groups is 4. The Kier molecular flexibility index (Phi) is 9.04. The Labute approximate surface area is 265 Å². The fourth-order valence-corrected chi connectivity index (χ4v) is 5.86. The van der Waals surface area contributed by atoms with Crippen LogP contribution in [0.1, 0.15) is 50.0 Å². The summed E-state index contributed by atoms with van der Waals surface area (Å²) in [5.41, 5.74) is 0.369. The Morgan fingerprint density at radius 2 is 1.72 bits per heavy atom. The lowest BCUT2D eigenvalue weighted by Crippen LogP contribution is -2.49. The first-order valence-electron chi connectivity index (χ1n) is 15.3. The maximum absolute atomic E-state index is 15.2. The Hall–Kier alpha value is -4.94. The molecule has 2 aliphatic heterocycles. The minimum absolute atomic E-state index is 0.00196. The number of aromatic carboxylic acids is 1. The number of ether oxygens (including phenoxy) is 1. The number of nitrogens with one attached hydrogen (secondary N) is 1. The van der Waals surface area contributed by atoms with Gasteiger partial charge in [0.15, 0.2) is 0 Å². The molecule has 2 N–H and O–H groups in total. The van der Waals surface area contributed by atoms with Crippen LogP contribution in [0.25, 0.3) is 10.9 Å². The molecule has 12 nitrogen and oxygen atoms in total. The number of amides is 3. The number of piperazine rings is 1. The minimum Gasteiger partial charge on any atom is -0.477 e. The number of carboxylic acids is 1. The van der Waals surface area contributed by atoms with Crippen molar-refractivity contribution in [3.8, 4) is 0 Å². The number of pyridine rings is 1. The third-order valence-corrected chi connectivity index (χ3v) is 8.85. The van der Waals surface area contributed by atoms with Gasteiger partial charge in [0.2, 0.25) is 17.2 Å². The maximum atomic E-state index is 15.2. The van der Waals surface area contributed by atoms with E-state index in [0.717, 1.165) is 11.6 Å². The van der Waals surface area contributed by atoms with Crippen LogP contribution in [0.15, 0.2) is 47.4 Å². The molecule has 2 saturated heterocycles. The first-order valence-corrected chi connectivity index (χ1v) is 15.3. The van der Waals surface area contributed by atoms with Crippen LogP contribution in [0.4, 0.5) is 20.6 Å². The van der Waals surface area contributed by atoms with Crippen LogP contribution in [-0.2, 0) is 27.5 Å². The molecule has 2 aliphatic rings. The van der Waals surface area contributed by atoms with E-state index in [0.29, 0.717) is 43.8 Å². The van der Waals surface area contributed by atoms with Crippen molar-refractivity contribution in [1.82, 2.24) is 14.4 Å². The number of carboxylic acid groups (broad SMARTS) is 1. The maximum Gasteiger partial charge on any atom is 0.410 e. The predicted molar refractivity (Wildman–Crippen MR) is 169 cm³/mol. The molecule has 1 aromatic heterocycles. The quantitative estimate of drug-likeness (QED) is 0.380. The van der Waals surface area contributed by atoms with Gasteiger partial charge in [-0.1, -0.05) is 26.0 Å². The fraction of sp³-hybridized carbons (Fsp3) is 0.424. The topological polar surface area (TPSA) is 141 Å². The van der Waals surface area contributed by atoms with Crippen molar-refractivity contribution in [1.29, 1.82) is 0 Å². The average molecular weight is 636 g/mol. The highest BCUT2D eigenvalue weighted by atomic mass is 19.1. The van der Waals surface area contributed by atoms with Crippen molar-refractivity contribution in [2.75, 3.05) is 42.9 Å². The third kappa shape index (κ3) is 6.40. The number of carbonyl (C=O) groups excluding carboxylic acids is 3. The van der Waals surface area contributed by atoms with Gasteiger partial charge in [-0.3, -0.25) is 14.4 Å². The number of likely N-dealkylation sites (tertiary alicyclic amines) is 1. The van der Waals surface area contributed by atoms with Gasteiger partial charge in [-0.15, -0.1) is 0 Å². The highest BCUT2D eigenvalue weighted by Gasteiger charge is 2.42. The molecule has 0 spiro atoms. The molecule has 0 radical (unpaired) electrons. The highest BCUT2D eigenvalue weighted by molar-refractivity contribution is 5.98. The normalized spacial score (nSPS) is 16.9. The zero-order valence-electron chi connectivity index (χ0n) is 26.3. The molecule has 13 heteroatoms. The number of aromatic nitrogens is 1. The van der Waals surface area contributed by atoms with E-state index in [2.05, 4.69) is 5.32 Å². The largest absolute Gasteiger partial charge is 0.477 e. The summed E-state index contributed by atoms with van der Waals surface area (Å²) in [6.07, 6.45) is 1.47. The monoisotopic (exact) mass is 635 g/mol. The summed E-state index contributed by atoms with van der Waals surface area (Å²) >= 11 is 0. The Balaban J connectivity index is 1.14. The van der Waals surface area contributed by atoms with Gasteiger partial charge in [0.05, 0.1) is 11.2 Å². The number of hydrogen-bond acceptors (Lipinski definition) is 7. The van der Waals surface area contributed by atoms with Gasteiger partial charge in [-0.25, -0.2) is 14.0 Å².